The number of phenols is 1. The van der Waals surface area contributed by atoms with Crippen molar-refractivity contribution in [1.29, 1.82) is 0 Å². The van der Waals surface area contributed by atoms with Crippen LogP contribution in [0.5, 0.6) is 11.5 Å². The van der Waals surface area contributed by atoms with Gasteiger partial charge in [0.25, 0.3) is 5.91 Å². The number of hydrogen-bond donors (Lipinski definition) is 3. The van der Waals surface area contributed by atoms with E-state index in [2.05, 4.69) is 22.6 Å². The number of anilines is 1. The third-order valence-corrected chi connectivity index (χ3v) is 5.71. The summed E-state index contributed by atoms with van der Waals surface area (Å²) in [7, 11) is 3.60. The summed E-state index contributed by atoms with van der Waals surface area (Å²) in [4.78, 5) is 16.2. The Hall–Kier alpha value is -2.25. The van der Waals surface area contributed by atoms with E-state index in [1.54, 1.807) is 23.5 Å². The fourth-order valence-electron chi connectivity index (χ4n) is 3.30. The number of carbonyl (C=O) groups excluding carboxylic acids is 1. The smallest absolute Gasteiger partial charge is 0.256 e. The van der Waals surface area contributed by atoms with Gasteiger partial charge in [-0.1, -0.05) is 6.07 Å². The monoisotopic (exact) mass is 345 g/mol. The summed E-state index contributed by atoms with van der Waals surface area (Å²) in [6.45, 7) is 1.86. The van der Waals surface area contributed by atoms with Crippen molar-refractivity contribution in [2.24, 2.45) is 0 Å². The maximum atomic E-state index is 12.6. The van der Waals surface area contributed by atoms with Crippen LogP contribution in [-0.2, 0) is 13.0 Å². The molecule has 126 valence electrons. The molecule has 0 saturated carbocycles. The molecule has 1 amide bonds. The van der Waals surface area contributed by atoms with E-state index >= 15 is 0 Å². The normalized spacial score (nSPS) is 19.9. The van der Waals surface area contributed by atoms with Crippen LogP contribution in [0.4, 0.5) is 5.00 Å². The molecule has 2 aliphatic heterocycles. The van der Waals surface area contributed by atoms with Gasteiger partial charge in [0.2, 0.25) is 0 Å². The van der Waals surface area contributed by atoms with Crippen LogP contribution in [0.3, 0.4) is 0 Å². The Morgan fingerprint density at radius 2 is 2.21 bits per heavy atom. The number of hydrogen-bond acceptors (Lipinski definition) is 6. The lowest BCUT2D eigenvalue weighted by atomic mass is 10.0. The molecular formula is C17H19N3O3S. The van der Waals surface area contributed by atoms with Crippen LogP contribution < -0.4 is 15.4 Å². The first-order valence-corrected chi connectivity index (χ1v) is 8.66. The maximum Gasteiger partial charge on any atom is 0.256 e. The third-order valence-electron chi connectivity index (χ3n) is 4.56. The van der Waals surface area contributed by atoms with E-state index in [1.807, 2.05) is 6.07 Å². The number of likely N-dealkylation sites (N-methyl/N-ethyl adjacent to an activating group) is 1. The second kappa shape index (κ2) is 5.68. The van der Waals surface area contributed by atoms with Crippen molar-refractivity contribution in [2.45, 2.75) is 19.1 Å². The number of rotatable bonds is 2. The second-order valence-electron chi connectivity index (χ2n) is 6.18. The van der Waals surface area contributed by atoms with Crippen molar-refractivity contribution in [1.82, 2.24) is 10.2 Å². The van der Waals surface area contributed by atoms with Gasteiger partial charge in [0.15, 0.2) is 11.5 Å². The van der Waals surface area contributed by atoms with E-state index in [0.717, 1.165) is 35.6 Å². The molecule has 0 aliphatic carbocycles. The lowest BCUT2D eigenvalue weighted by Gasteiger charge is -2.27. The van der Waals surface area contributed by atoms with Crippen LogP contribution >= 0.6 is 11.3 Å². The van der Waals surface area contributed by atoms with E-state index in [0.29, 0.717) is 5.75 Å². The number of aromatic hydroxyl groups is 1. The lowest BCUT2D eigenvalue weighted by Crippen LogP contribution is -2.38. The highest BCUT2D eigenvalue weighted by Crippen LogP contribution is 2.41. The Morgan fingerprint density at radius 3 is 2.96 bits per heavy atom. The maximum absolute atomic E-state index is 12.6. The van der Waals surface area contributed by atoms with E-state index in [9.17, 15) is 9.90 Å². The van der Waals surface area contributed by atoms with Gasteiger partial charge in [-0.15, -0.1) is 11.3 Å². The Bertz CT molecular complexity index is 818. The molecule has 2 aromatic rings. The Morgan fingerprint density at radius 1 is 1.38 bits per heavy atom. The fraction of sp³-hybridized carbons (Fsp3) is 0.353. The van der Waals surface area contributed by atoms with Gasteiger partial charge in [-0.2, -0.15) is 0 Å². The SMILES string of the molecule is COc1ccc([C@H]2NC(=O)c3c(sc4c3CCN(C)C4)N2)cc1O. The van der Waals surface area contributed by atoms with Gasteiger partial charge in [-0.25, -0.2) is 0 Å². The molecule has 0 radical (unpaired) electrons. The van der Waals surface area contributed by atoms with E-state index in [-0.39, 0.29) is 17.8 Å². The average molecular weight is 345 g/mol. The van der Waals surface area contributed by atoms with Gasteiger partial charge >= 0.3 is 0 Å². The average Bonchev–Trinajstić information content (AvgIpc) is 2.92. The molecular weight excluding hydrogens is 326 g/mol. The molecule has 1 atom stereocenters. The minimum atomic E-state index is -0.361. The predicted octanol–water partition coefficient (Wildman–Crippen LogP) is 2.30. The zero-order valence-electron chi connectivity index (χ0n) is 13.5. The molecule has 0 spiro atoms. The van der Waals surface area contributed by atoms with Gasteiger partial charge in [-0.3, -0.25) is 4.79 Å². The highest BCUT2D eigenvalue weighted by molar-refractivity contribution is 7.16. The zero-order chi connectivity index (χ0) is 16.8. The van der Waals surface area contributed by atoms with E-state index < -0.39 is 0 Å². The zero-order valence-corrected chi connectivity index (χ0v) is 14.4. The molecule has 0 unspecified atom stereocenters. The van der Waals surface area contributed by atoms with Crippen molar-refractivity contribution in [2.75, 3.05) is 26.0 Å². The van der Waals surface area contributed by atoms with Crippen molar-refractivity contribution in [3.8, 4) is 11.5 Å². The Balaban J connectivity index is 1.67. The number of methoxy groups -OCH3 is 1. The molecule has 1 aromatic carbocycles. The number of amides is 1. The molecule has 6 nitrogen and oxygen atoms in total. The summed E-state index contributed by atoms with van der Waals surface area (Å²) in [5.74, 6) is 0.422. The highest BCUT2D eigenvalue weighted by atomic mass is 32.1. The van der Waals surface area contributed by atoms with Crippen molar-refractivity contribution in [3.05, 3.63) is 39.8 Å². The number of phenolic OH excluding ortho intramolecular Hbond substituents is 1. The predicted molar refractivity (Wildman–Crippen MR) is 92.8 cm³/mol. The van der Waals surface area contributed by atoms with E-state index in [1.165, 1.54) is 17.6 Å². The molecule has 3 heterocycles. The molecule has 1 aromatic heterocycles. The molecule has 0 saturated heterocycles. The number of carbonyl (C=O) groups is 1. The largest absolute Gasteiger partial charge is 0.504 e. The minimum absolute atomic E-state index is 0.0499. The number of thiophene rings is 1. The fourth-order valence-corrected chi connectivity index (χ4v) is 4.65. The van der Waals surface area contributed by atoms with Crippen molar-refractivity contribution in [3.63, 3.8) is 0 Å². The summed E-state index contributed by atoms with van der Waals surface area (Å²) < 4.78 is 5.07. The van der Waals surface area contributed by atoms with Crippen LogP contribution in [-0.4, -0.2) is 36.6 Å². The van der Waals surface area contributed by atoms with Gasteiger partial charge in [-0.05, 0) is 36.7 Å². The van der Waals surface area contributed by atoms with Gasteiger partial charge in [0.05, 0.1) is 12.7 Å². The van der Waals surface area contributed by atoms with Crippen molar-refractivity contribution >= 4 is 22.2 Å². The number of nitrogens with zero attached hydrogens (tertiary/aromatic N) is 1. The molecule has 2 aliphatic rings. The molecule has 0 bridgehead atoms. The van der Waals surface area contributed by atoms with Crippen molar-refractivity contribution < 1.29 is 14.6 Å². The second-order valence-corrected chi connectivity index (χ2v) is 7.28. The summed E-state index contributed by atoms with van der Waals surface area (Å²) >= 11 is 1.65. The molecule has 3 N–H and O–H groups in total. The quantitative estimate of drug-likeness (QED) is 0.779. The van der Waals surface area contributed by atoms with Gasteiger partial charge in [0.1, 0.15) is 11.2 Å². The summed E-state index contributed by atoms with van der Waals surface area (Å²) in [5.41, 5.74) is 2.75. The highest BCUT2D eigenvalue weighted by Gasteiger charge is 2.32. The van der Waals surface area contributed by atoms with Crippen LogP contribution in [0, 0.1) is 0 Å². The van der Waals surface area contributed by atoms with Crippen LogP contribution in [0.2, 0.25) is 0 Å². The van der Waals surface area contributed by atoms with Crippen LogP contribution in [0.1, 0.15) is 32.5 Å². The standard InChI is InChI=1S/C17H19N3O3S/c1-20-6-5-10-13(8-20)24-17-14(10)16(22)18-15(19-17)9-3-4-12(23-2)11(21)7-9/h3-4,7,15,19,21H,5-6,8H2,1-2H3,(H,18,22)/t15-/m0/s1. The first kappa shape index (κ1) is 15.3. The number of nitrogens with one attached hydrogen (secondary N) is 2. The van der Waals surface area contributed by atoms with Gasteiger partial charge in [0, 0.05) is 18.0 Å². The summed E-state index contributed by atoms with van der Waals surface area (Å²) in [6, 6.07) is 5.15. The summed E-state index contributed by atoms with van der Waals surface area (Å²) in [6.07, 6.45) is 0.542. The molecule has 4 rings (SSSR count). The molecule has 24 heavy (non-hydrogen) atoms. The lowest BCUT2D eigenvalue weighted by molar-refractivity contribution is 0.0934. The Labute approximate surface area is 144 Å². The molecule has 0 fully saturated rings. The summed E-state index contributed by atoms with van der Waals surface area (Å²) in [5, 5.41) is 17.3. The number of ether oxygens (including phenoxy) is 1. The van der Waals surface area contributed by atoms with E-state index in [4.69, 9.17) is 4.74 Å². The van der Waals surface area contributed by atoms with Gasteiger partial charge < -0.3 is 25.4 Å². The Kier molecular flexibility index (Phi) is 3.62. The third kappa shape index (κ3) is 2.40. The number of fused-ring (bicyclic) bond motifs is 3. The topological polar surface area (TPSA) is 73.8 Å². The van der Waals surface area contributed by atoms with Crippen LogP contribution in [0.25, 0.3) is 0 Å². The first-order chi connectivity index (χ1) is 11.6. The first-order valence-electron chi connectivity index (χ1n) is 7.84. The molecule has 7 heteroatoms. The van der Waals surface area contributed by atoms with Crippen LogP contribution in [0.15, 0.2) is 18.2 Å². The number of benzene rings is 1. The minimum Gasteiger partial charge on any atom is -0.504 e.